The fourth-order valence-corrected chi connectivity index (χ4v) is 3.43. The van der Waals surface area contributed by atoms with Crippen LogP contribution in [0.5, 0.6) is 11.5 Å². The molecule has 22 heavy (non-hydrogen) atoms. The molecule has 0 aliphatic heterocycles. The molecule has 0 bridgehead atoms. The molecule has 0 spiro atoms. The summed E-state index contributed by atoms with van der Waals surface area (Å²) < 4.78 is 11.4. The lowest BCUT2D eigenvalue weighted by Crippen LogP contribution is -1.96. The van der Waals surface area contributed by atoms with Crippen molar-refractivity contribution in [3.05, 3.63) is 46.4 Å². The van der Waals surface area contributed by atoms with Gasteiger partial charge in [0.1, 0.15) is 23.1 Å². The van der Waals surface area contributed by atoms with E-state index in [1.165, 1.54) is 12.8 Å². The summed E-state index contributed by atoms with van der Waals surface area (Å²) in [5.74, 6) is 2.35. The average Bonchev–Trinajstić information content (AvgIpc) is 3.31. The Morgan fingerprint density at radius 1 is 1.05 bits per heavy atom. The summed E-state index contributed by atoms with van der Waals surface area (Å²) in [6.07, 6.45) is 2.50. The smallest absolute Gasteiger partial charge is 0.155 e. The number of fused-ring (bicyclic) bond motifs is 1. The highest BCUT2D eigenvalue weighted by Gasteiger charge is 2.27. The van der Waals surface area contributed by atoms with E-state index in [1.807, 2.05) is 36.4 Å². The Morgan fingerprint density at radius 2 is 1.77 bits per heavy atom. The van der Waals surface area contributed by atoms with Gasteiger partial charge in [-0.25, -0.2) is 0 Å². The molecule has 0 saturated heterocycles. The highest BCUT2D eigenvalue weighted by atomic mass is 32.1. The Kier molecular flexibility index (Phi) is 3.42. The molecule has 0 atom stereocenters. The van der Waals surface area contributed by atoms with E-state index in [4.69, 9.17) is 9.47 Å². The fourth-order valence-electron chi connectivity index (χ4n) is 2.51. The van der Waals surface area contributed by atoms with E-state index in [2.05, 4.69) is 10.2 Å². The first-order valence-corrected chi connectivity index (χ1v) is 8.17. The van der Waals surface area contributed by atoms with Gasteiger partial charge in [0, 0.05) is 16.7 Å². The summed E-state index contributed by atoms with van der Waals surface area (Å²) in [5.41, 5.74) is 0. The number of ether oxygens (including phenoxy) is 2. The van der Waals surface area contributed by atoms with Crippen molar-refractivity contribution in [1.29, 1.82) is 0 Å². The van der Waals surface area contributed by atoms with E-state index in [0.29, 0.717) is 12.5 Å². The minimum absolute atomic E-state index is 0.459. The van der Waals surface area contributed by atoms with Gasteiger partial charge in [-0.05, 0) is 25.0 Å². The number of rotatable bonds is 5. The predicted octanol–water partition coefficient (Wildman–Crippen LogP) is 4.16. The number of hydrogen-bond acceptors (Lipinski definition) is 5. The molecular weight excluding hydrogens is 296 g/mol. The van der Waals surface area contributed by atoms with Gasteiger partial charge in [0.05, 0.1) is 7.11 Å². The second-order valence-corrected chi connectivity index (χ2v) is 6.50. The summed E-state index contributed by atoms with van der Waals surface area (Å²) in [6.45, 7) is 0.459. The molecule has 1 aliphatic rings. The molecule has 2 aromatic carbocycles. The predicted molar refractivity (Wildman–Crippen MR) is 86.7 cm³/mol. The highest BCUT2D eigenvalue weighted by molar-refractivity contribution is 7.11. The first-order chi connectivity index (χ1) is 10.8. The Balaban J connectivity index is 1.58. The maximum Gasteiger partial charge on any atom is 0.155 e. The van der Waals surface area contributed by atoms with Crippen LogP contribution >= 0.6 is 11.3 Å². The van der Waals surface area contributed by atoms with Crippen LogP contribution in [0.25, 0.3) is 10.8 Å². The van der Waals surface area contributed by atoms with Crippen molar-refractivity contribution in [3.8, 4) is 11.5 Å². The van der Waals surface area contributed by atoms with Crippen molar-refractivity contribution < 1.29 is 9.47 Å². The second kappa shape index (κ2) is 5.57. The quantitative estimate of drug-likeness (QED) is 0.709. The van der Waals surface area contributed by atoms with Crippen molar-refractivity contribution in [1.82, 2.24) is 10.2 Å². The number of aromatic nitrogens is 2. The van der Waals surface area contributed by atoms with Crippen molar-refractivity contribution >= 4 is 22.1 Å². The molecule has 1 fully saturated rings. The molecule has 0 amide bonds. The van der Waals surface area contributed by atoms with E-state index >= 15 is 0 Å². The zero-order chi connectivity index (χ0) is 14.9. The molecule has 0 N–H and O–H groups in total. The molecule has 1 heterocycles. The van der Waals surface area contributed by atoms with Crippen LogP contribution < -0.4 is 9.47 Å². The molecule has 5 heteroatoms. The summed E-state index contributed by atoms with van der Waals surface area (Å²) in [7, 11) is 1.68. The van der Waals surface area contributed by atoms with Crippen molar-refractivity contribution in [2.24, 2.45) is 0 Å². The average molecular weight is 312 g/mol. The third-order valence-electron chi connectivity index (χ3n) is 3.82. The van der Waals surface area contributed by atoms with E-state index in [1.54, 1.807) is 18.4 Å². The summed E-state index contributed by atoms with van der Waals surface area (Å²) >= 11 is 1.66. The minimum atomic E-state index is 0.459. The molecule has 112 valence electrons. The molecule has 0 unspecified atom stereocenters. The molecule has 3 aromatic rings. The van der Waals surface area contributed by atoms with Gasteiger partial charge in [-0.15, -0.1) is 10.2 Å². The maximum atomic E-state index is 5.97. The Labute approximate surface area is 132 Å². The monoisotopic (exact) mass is 312 g/mol. The van der Waals surface area contributed by atoms with Crippen LogP contribution in [0.4, 0.5) is 0 Å². The van der Waals surface area contributed by atoms with Crippen LogP contribution in [0, 0.1) is 0 Å². The molecule has 4 rings (SSSR count). The van der Waals surface area contributed by atoms with E-state index in [9.17, 15) is 0 Å². The van der Waals surface area contributed by atoms with Crippen LogP contribution in [0.1, 0.15) is 28.8 Å². The van der Waals surface area contributed by atoms with Crippen LogP contribution in [0.3, 0.4) is 0 Å². The first-order valence-electron chi connectivity index (χ1n) is 7.36. The summed E-state index contributed by atoms with van der Waals surface area (Å²) in [6, 6.07) is 12.0. The van der Waals surface area contributed by atoms with Crippen LogP contribution in [0.2, 0.25) is 0 Å². The molecular formula is C17H16N2O2S. The van der Waals surface area contributed by atoms with Crippen LogP contribution in [0.15, 0.2) is 36.4 Å². The number of benzene rings is 2. The van der Waals surface area contributed by atoms with Gasteiger partial charge in [-0.1, -0.05) is 35.6 Å². The molecule has 1 aromatic heterocycles. The Bertz CT molecular complexity index is 811. The van der Waals surface area contributed by atoms with Gasteiger partial charge in [0.15, 0.2) is 5.01 Å². The zero-order valence-electron chi connectivity index (χ0n) is 12.3. The molecule has 0 radical (unpaired) electrons. The van der Waals surface area contributed by atoms with Gasteiger partial charge < -0.3 is 9.47 Å². The highest BCUT2D eigenvalue weighted by Crippen LogP contribution is 2.41. The third kappa shape index (κ3) is 2.52. The topological polar surface area (TPSA) is 44.2 Å². The van der Waals surface area contributed by atoms with Gasteiger partial charge in [0.2, 0.25) is 0 Å². The number of nitrogens with zero attached hydrogens (tertiary/aromatic N) is 2. The van der Waals surface area contributed by atoms with Crippen molar-refractivity contribution in [3.63, 3.8) is 0 Å². The van der Waals surface area contributed by atoms with Crippen molar-refractivity contribution in [2.75, 3.05) is 7.11 Å². The van der Waals surface area contributed by atoms with Gasteiger partial charge in [0.25, 0.3) is 0 Å². The maximum absolute atomic E-state index is 5.97. The zero-order valence-corrected chi connectivity index (χ0v) is 13.1. The third-order valence-corrected chi connectivity index (χ3v) is 4.88. The number of hydrogen-bond donors (Lipinski definition) is 0. The van der Waals surface area contributed by atoms with E-state index in [-0.39, 0.29) is 0 Å². The van der Waals surface area contributed by atoms with E-state index < -0.39 is 0 Å². The van der Waals surface area contributed by atoms with Gasteiger partial charge in [-0.3, -0.25) is 0 Å². The van der Waals surface area contributed by atoms with Crippen LogP contribution in [-0.4, -0.2) is 17.3 Å². The Hall–Kier alpha value is -2.14. The largest absolute Gasteiger partial charge is 0.496 e. The van der Waals surface area contributed by atoms with Gasteiger partial charge in [-0.2, -0.15) is 0 Å². The lowest BCUT2D eigenvalue weighted by atomic mass is 10.1. The lowest BCUT2D eigenvalue weighted by Gasteiger charge is -2.10. The first kappa shape index (κ1) is 13.5. The Morgan fingerprint density at radius 3 is 2.50 bits per heavy atom. The lowest BCUT2D eigenvalue weighted by molar-refractivity contribution is 0.308. The second-order valence-electron chi connectivity index (χ2n) is 5.41. The molecule has 4 nitrogen and oxygen atoms in total. The standard InChI is InChI=1S/C17H16N2O2S/c1-20-14-8-9-15(13-5-3-2-4-12(13)14)21-10-16-18-19-17(22-16)11-6-7-11/h2-5,8-9,11H,6-7,10H2,1H3. The summed E-state index contributed by atoms with van der Waals surface area (Å²) in [5, 5.41) is 12.7. The van der Waals surface area contributed by atoms with Crippen LogP contribution in [-0.2, 0) is 6.61 Å². The van der Waals surface area contributed by atoms with E-state index in [0.717, 1.165) is 32.3 Å². The molecule has 1 aliphatic carbocycles. The summed E-state index contributed by atoms with van der Waals surface area (Å²) in [4.78, 5) is 0. The fraction of sp³-hybridized carbons (Fsp3) is 0.294. The minimum Gasteiger partial charge on any atom is -0.496 e. The number of methoxy groups -OCH3 is 1. The van der Waals surface area contributed by atoms with Gasteiger partial charge >= 0.3 is 0 Å². The van der Waals surface area contributed by atoms with Crippen molar-refractivity contribution in [2.45, 2.75) is 25.4 Å². The SMILES string of the molecule is COc1ccc(OCc2nnc(C3CC3)s2)c2ccccc12. The normalized spacial score (nSPS) is 14.2. The molecule has 1 saturated carbocycles.